The second kappa shape index (κ2) is 5.37. The van der Waals surface area contributed by atoms with Gasteiger partial charge >= 0.3 is 11.3 Å². The Morgan fingerprint density at radius 3 is 2.50 bits per heavy atom. The van der Waals surface area contributed by atoms with Gasteiger partial charge in [-0.2, -0.15) is 4.28 Å². The van der Waals surface area contributed by atoms with Crippen molar-refractivity contribution >= 4 is 17.1 Å². The molecule has 0 fully saturated rings. The third-order valence-corrected chi connectivity index (χ3v) is 1.35. The van der Waals surface area contributed by atoms with Gasteiger partial charge in [0.2, 0.25) is 0 Å². The molecule has 60 valence electrons. The number of hydroxylamine groups is 1. The fraction of sp³-hybridized carbons (Fsp3) is 0.800. The van der Waals surface area contributed by atoms with Gasteiger partial charge in [-0.15, -0.1) is 4.40 Å². The van der Waals surface area contributed by atoms with Crippen molar-refractivity contribution in [1.29, 1.82) is 0 Å². The van der Waals surface area contributed by atoms with Gasteiger partial charge in [0, 0.05) is 6.42 Å². The topological polar surface area (TPSA) is 50.7 Å². The van der Waals surface area contributed by atoms with E-state index in [1.165, 1.54) is 0 Å². The van der Waals surface area contributed by atoms with Gasteiger partial charge in [0.05, 0.1) is 0 Å². The Morgan fingerprint density at radius 2 is 2.30 bits per heavy atom. The number of hydrogen-bond acceptors (Lipinski definition) is 3. The smallest absolute Gasteiger partial charge is 0.235 e. The van der Waals surface area contributed by atoms with Gasteiger partial charge in [0.15, 0.2) is 0 Å². The lowest BCUT2D eigenvalue weighted by atomic mass is 10.5. The minimum absolute atomic E-state index is 0.642. The van der Waals surface area contributed by atoms with Crippen molar-refractivity contribution in [2.24, 2.45) is 4.40 Å². The number of amidine groups is 1. The van der Waals surface area contributed by atoms with Crippen molar-refractivity contribution in [2.45, 2.75) is 27.2 Å². The van der Waals surface area contributed by atoms with Gasteiger partial charge in [0.25, 0.3) is 0 Å². The maximum absolute atomic E-state index is 10.3. The number of nitrogens with one attached hydrogen (secondary N) is 1. The fourth-order valence-corrected chi connectivity index (χ4v) is 0.899. The Balaban J connectivity index is 0.000000371. The Labute approximate surface area is 63.4 Å². The maximum atomic E-state index is 10.3. The fourth-order valence-electron chi connectivity index (χ4n) is 0.348. The zero-order valence-corrected chi connectivity index (χ0v) is 7.20. The van der Waals surface area contributed by atoms with Crippen LogP contribution in [0.4, 0.5) is 0 Å². The van der Waals surface area contributed by atoms with Crippen molar-refractivity contribution in [3.8, 4) is 0 Å². The monoisotopic (exact) mass is 164 g/mol. The first-order valence-electron chi connectivity index (χ1n) is 3.25. The van der Waals surface area contributed by atoms with Crippen LogP contribution in [0.2, 0.25) is 0 Å². The molecule has 0 bridgehead atoms. The van der Waals surface area contributed by atoms with Crippen LogP contribution in [0.15, 0.2) is 4.40 Å². The number of hydrogen-bond donors (Lipinski definition) is 1. The van der Waals surface area contributed by atoms with Gasteiger partial charge in [-0.3, -0.25) is 0 Å². The minimum atomic E-state index is -1.48. The molecule has 4 nitrogen and oxygen atoms in total. The SMILES string of the molecule is CC.CCC1=NS(=O)ON1. The zero-order valence-electron chi connectivity index (χ0n) is 6.38. The van der Waals surface area contributed by atoms with Crippen LogP contribution < -0.4 is 5.48 Å². The molecule has 1 unspecified atom stereocenters. The summed E-state index contributed by atoms with van der Waals surface area (Å²) in [6, 6.07) is 0. The molecule has 1 aliphatic rings. The third kappa shape index (κ3) is 2.93. The molecule has 0 aromatic carbocycles. The second-order valence-electron chi connectivity index (χ2n) is 1.29. The van der Waals surface area contributed by atoms with Crippen molar-refractivity contribution in [3.05, 3.63) is 0 Å². The molecule has 0 saturated carbocycles. The van der Waals surface area contributed by atoms with Gasteiger partial charge in [-0.1, -0.05) is 20.8 Å². The number of rotatable bonds is 1. The molecule has 5 heteroatoms. The molecule has 0 amide bonds. The highest BCUT2D eigenvalue weighted by atomic mass is 32.2. The van der Waals surface area contributed by atoms with Crippen molar-refractivity contribution in [2.75, 3.05) is 0 Å². The van der Waals surface area contributed by atoms with Crippen LogP contribution in [0, 0.1) is 0 Å². The predicted molar refractivity (Wildman–Crippen MR) is 41.4 cm³/mol. The van der Waals surface area contributed by atoms with Gasteiger partial charge in [-0.05, 0) is 0 Å². The molecule has 0 radical (unpaired) electrons. The molecule has 1 N–H and O–H groups in total. The summed E-state index contributed by atoms with van der Waals surface area (Å²) in [6.07, 6.45) is 0.728. The molecule has 1 atom stereocenters. The van der Waals surface area contributed by atoms with Crippen molar-refractivity contribution in [1.82, 2.24) is 5.48 Å². The van der Waals surface area contributed by atoms with E-state index >= 15 is 0 Å². The summed E-state index contributed by atoms with van der Waals surface area (Å²) in [5, 5.41) is 0. The Hall–Kier alpha value is -0.420. The molecule has 0 saturated heterocycles. The molecule has 0 aliphatic carbocycles. The first-order chi connectivity index (χ1) is 4.83. The van der Waals surface area contributed by atoms with Crippen LogP contribution in [0.25, 0.3) is 0 Å². The minimum Gasteiger partial charge on any atom is -0.235 e. The highest BCUT2D eigenvalue weighted by Gasteiger charge is 2.09. The lowest BCUT2D eigenvalue weighted by Gasteiger charge is -1.88. The zero-order chi connectivity index (χ0) is 7.98. The number of nitrogens with zero attached hydrogens (tertiary/aromatic N) is 1. The van der Waals surface area contributed by atoms with Crippen molar-refractivity contribution < 1.29 is 8.49 Å². The molecule has 1 rings (SSSR count). The maximum Gasteiger partial charge on any atom is 0.309 e. The second-order valence-corrected chi connectivity index (χ2v) is 2.08. The third-order valence-electron chi connectivity index (χ3n) is 0.750. The molecular weight excluding hydrogens is 152 g/mol. The van der Waals surface area contributed by atoms with E-state index in [1.807, 2.05) is 20.8 Å². The van der Waals surface area contributed by atoms with Gasteiger partial charge < -0.3 is 0 Å². The Bertz CT molecular complexity index is 147. The molecule has 1 aliphatic heterocycles. The van der Waals surface area contributed by atoms with E-state index in [0.29, 0.717) is 5.84 Å². The quantitative estimate of drug-likeness (QED) is 0.627. The summed E-state index contributed by atoms with van der Waals surface area (Å²) in [4.78, 5) is 0. The average Bonchev–Trinajstić information content (AvgIpc) is 2.40. The lowest BCUT2D eigenvalue weighted by Crippen LogP contribution is -2.14. The summed E-state index contributed by atoms with van der Waals surface area (Å²) in [5.41, 5.74) is 2.41. The Kier molecular flexibility index (Phi) is 5.15. The summed E-state index contributed by atoms with van der Waals surface area (Å²) in [5.74, 6) is 0.642. The van der Waals surface area contributed by atoms with E-state index in [9.17, 15) is 4.21 Å². The first kappa shape index (κ1) is 9.58. The summed E-state index contributed by atoms with van der Waals surface area (Å²) >= 11 is -1.48. The predicted octanol–water partition coefficient (Wildman–Crippen LogP) is 0.935. The van der Waals surface area contributed by atoms with E-state index in [2.05, 4.69) is 14.2 Å². The molecule has 1 heterocycles. The molecular formula is C5H12N2O2S. The lowest BCUT2D eigenvalue weighted by molar-refractivity contribution is 0.303. The first-order valence-corrected chi connectivity index (χ1v) is 4.29. The summed E-state index contributed by atoms with van der Waals surface area (Å²) < 4.78 is 18.2. The van der Waals surface area contributed by atoms with Crippen LogP contribution >= 0.6 is 0 Å². The summed E-state index contributed by atoms with van der Waals surface area (Å²) in [7, 11) is 0. The van der Waals surface area contributed by atoms with E-state index < -0.39 is 11.3 Å². The molecule has 0 aromatic rings. The molecule has 0 aromatic heterocycles. The summed E-state index contributed by atoms with van der Waals surface area (Å²) in [6.45, 7) is 5.90. The average molecular weight is 164 g/mol. The van der Waals surface area contributed by atoms with Gasteiger partial charge in [0.1, 0.15) is 5.84 Å². The van der Waals surface area contributed by atoms with Crippen LogP contribution in [-0.2, 0) is 15.6 Å². The van der Waals surface area contributed by atoms with Crippen LogP contribution in [-0.4, -0.2) is 10.0 Å². The largest absolute Gasteiger partial charge is 0.309 e. The van der Waals surface area contributed by atoms with Crippen LogP contribution in [0.3, 0.4) is 0 Å². The Morgan fingerprint density at radius 1 is 1.70 bits per heavy atom. The van der Waals surface area contributed by atoms with E-state index in [0.717, 1.165) is 6.42 Å². The van der Waals surface area contributed by atoms with Gasteiger partial charge in [-0.25, -0.2) is 9.69 Å². The van der Waals surface area contributed by atoms with Crippen LogP contribution in [0.1, 0.15) is 27.2 Å². The molecule has 10 heavy (non-hydrogen) atoms. The highest BCUT2D eigenvalue weighted by molar-refractivity contribution is 7.79. The molecule has 0 spiro atoms. The van der Waals surface area contributed by atoms with Crippen molar-refractivity contribution in [3.63, 3.8) is 0 Å². The van der Waals surface area contributed by atoms with Crippen LogP contribution in [0.5, 0.6) is 0 Å². The normalized spacial score (nSPS) is 22.3. The highest BCUT2D eigenvalue weighted by Crippen LogP contribution is 1.96. The van der Waals surface area contributed by atoms with E-state index in [-0.39, 0.29) is 0 Å². The van der Waals surface area contributed by atoms with E-state index in [1.54, 1.807) is 0 Å². The van der Waals surface area contributed by atoms with E-state index in [4.69, 9.17) is 0 Å². The standard InChI is InChI=1S/C3H6N2O2S.C2H6/c1-2-3-4-7-8(6)5-3;1-2/h2H2,1H3,(H,4,5);1-2H3.